The van der Waals surface area contributed by atoms with Crippen molar-refractivity contribution in [3.05, 3.63) is 0 Å². The summed E-state index contributed by atoms with van der Waals surface area (Å²) in [6.07, 6.45) is 0. The van der Waals surface area contributed by atoms with E-state index in [0.717, 1.165) is 0 Å². The second-order valence-corrected chi connectivity index (χ2v) is 12.1. The molecule has 4 unspecified atom stereocenters. The van der Waals surface area contributed by atoms with E-state index >= 15 is 0 Å². The number of hydrogen-bond acceptors (Lipinski definition) is 4. The number of carboxylic acids is 1. The van der Waals surface area contributed by atoms with Crippen molar-refractivity contribution in [2.24, 2.45) is 65.1 Å². The lowest BCUT2D eigenvalue weighted by atomic mass is 9.69. The van der Waals surface area contributed by atoms with Crippen LogP contribution in [0.1, 0.15) is 96.9 Å². The maximum Gasteiger partial charge on any atom is 0.307 e. The summed E-state index contributed by atoms with van der Waals surface area (Å²) in [6, 6.07) is 0. The van der Waals surface area contributed by atoms with Gasteiger partial charge >= 0.3 is 5.97 Å². The van der Waals surface area contributed by atoms with Crippen molar-refractivity contribution in [3.8, 4) is 0 Å². The smallest absolute Gasteiger partial charge is 0.307 e. The maximum atomic E-state index is 12.4. The average molecular weight is 483 g/mol. The van der Waals surface area contributed by atoms with Crippen LogP contribution in [0.3, 0.4) is 0 Å². The van der Waals surface area contributed by atoms with Crippen LogP contribution in [0.25, 0.3) is 0 Å². The molecule has 0 bridgehead atoms. The second kappa shape index (κ2) is 15.5. The van der Waals surface area contributed by atoms with Gasteiger partial charge in [0.2, 0.25) is 0 Å². The minimum absolute atomic E-state index is 0.00128. The summed E-state index contributed by atoms with van der Waals surface area (Å²) in [5.74, 6) is -1.18. The molecule has 0 fully saturated rings. The van der Waals surface area contributed by atoms with Crippen LogP contribution in [0.15, 0.2) is 0 Å². The number of Topliss-reactive ketones (excluding diaryl/α,β-unsaturated/α-hetero) is 3. The monoisotopic (exact) mass is 482 g/mol. The summed E-state index contributed by atoms with van der Waals surface area (Å²) in [5.41, 5.74) is 0. The van der Waals surface area contributed by atoms with E-state index in [9.17, 15) is 24.3 Å². The van der Waals surface area contributed by atoms with Gasteiger partial charge in [-0.05, 0) is 23.7 Å². The number of carbonyl (C=O) groups is 4. The Kier molecular flexibility index (Phi) is 15.8. The largest absolute Gasteiger partial charge is 0.481 e. The molecular weight excluding hydrogens is 428 g/mol. The van der Waals surface area contributed by atoms with Gasteiger partial charge in [0, 0.05) is 35.5 Å². The number of carboxylic acid groups (broad SMARTS) is 1. The highest BCUT2D eigenvalue weighted by molar-refractivity contribution is 5.91. The van der Waals surface area contributed by atoms with Crippen LogP contribution in [0.4, 0.5) is 0 Å². The molecule has 5 heteroatoms. The van der Waals surface area contributed by atoms with Crippen molar-refractivity contribution >= 4 is 23.3 Å². The van der Waals surface area contributed by atoms with Crippen molar-refractivity contribution < 1.29 is 24.3 Å². The van der Waals surface area contributed by atoms with E-state index in [1.165, 1.54) is 0 Å². The first-order chi connectivity index (χ1) is 15.3. The van der Waals surface area contributed by atoms with Crippen molar-refractivity contribution in [3.63, 3.8) is 0 Å². The Morgan fingerprint density at radius 3 is 0.676 bits per heavy atom. The first kappa shape index (κ1) is 34.6. The molecule has 0 spiro atoms. The average Bonchev–Trinajstić information content (AvgIpc) is 2.67. The van der Waals surface area contributed by atoms with Gasteiger partial charge in [0.1, 0.15) is 17.3 Å². The third-order valence-electron chi connectivity index (χ3n) is 6.62. The maximum absolute atomic E-state index is 12.4. The SMILES string of the molecule is CC(C)C(=O)C(C(C)C)C(C(=O)C(C)C)C(C)C.CC(C)C(=O)C(C(C)C)C(C(=O)O)C(C)C. The summed E-state index contributed by atoms with van der Waals surface area (Å²) < 4.78 is 0. The third kappa shape index (κ3) is 10.4. The number of carbonyl (C=O) groups excluding carboxylic acids is 3. The first-order valence-corrected chi connectivity index (χ1v) is 13.1. The number of aliphatic carboxylic acids is 1. The van der Waals surface area contributed by atoms with Crippen molar-refractivity contribution in [1.29, 1.82) is 0 Å². The van der Waals surface area contributed by atoms with Crippen molar-refractivity contribution in [2.45, 2.75) is 96.9 Å². The van der Waals surface area contributed by atoms with Gasteiger partial charge in [-0.2, -0.15) is 0 Å². The zero-order chi connectivity index (χ0) is 27.7. The molecule has 0 aromatic carbocycles. The van der Waals surface area contributed by atoms with Gasteiger partial charge in [0.05, 0.1) is 5.92 Å². The van der Waals surface area contributed by atoms with E-state index in [1.54, 1.807) is 0 Å². The van der Waals surface area contributed by atoms with Gasteiger partial charge in [0.25, 0.3) is 0 Å². The van der Waals surface area contributed by atoms with E-state index in [1.807, 2.05) is 96.9 Å². The van der Waals surface area contributed by atoms with Gasteiger partial charge in [-0.3, -0.25) is 19.2 Å². The number of ketones is 3. The molecule has 0 saturated heterocycles. The van der Waals surface area contributed by atoms with E-state index in [0.29, 0.717) is 0 Å². The van der Waals surface area contributed by atoms with Gasteiger partial charge in [0.15, 0.2) is 0 Å². The minimum atomic E-state index is -0.859. The summed E-state index contributed by atoms with van der Waals surface area (Å²) in [4.78, 5) is 48.1. The van der Waals surface area contributed by atoms with Gasteiger partial charge in [-0.15, -0.1) is 0 Å². The highest BCUT2D eigenvalue weighted by Gasteiger charge is 2.39. The molecule has 0 aromatic heterocycles. The van der Waals surface area contributed by atoms with Gasteiger partial charge in [-0.1, -0.05) is 96.9 Å². The molecule has 200 valence electrons. The van der Waals surface area contributed by atoms with Crippen LogP contribution in [0.5, 0.6) is 0 Å². The first-order valence-electron chi connectivity index (χ1n) is 13.1. The van der Waals surface area contributed by atoms with E-state index in [2.05, 4.69) is 0 Å². The molecule has 0 radical (unpaired) electrons. The molecule has 0 aliphatic carbocycles. The molecule has 0 saturated carbocycles. The molecule has 4 atom stereocenters. The lowest BCUT2D eigenvalue weighted by Gasteiger charge is -2.33. The molecule has 1 N–H and O–H groups in total. The predicted molar refractivity (Wildman–Crippen MR) is 140 cm³/mol. The second-order valence-electron chi connectivity index (χ2n) is 12.1. The normalized spacial score (nSPS) is 15.6. The van der Waals surface area contributed by atoms with Gasteiger partial charge in [-0.25, -0.2) is 0 Å². The van der Waals surface area contributed by atoms with E-state index in [-0.39, 0.29) is 76.5 Å². The third-order valence-corrected chi connectivity index (χ3v) is 6.62. The van der Waals surface area contributed by atoms with Crippen LogP contribution in [-0.4, -0.2) is 28.4 Å². The Morgan fingerprint density at radius 2 is 0.559 bits per heavy atom. The standard InChI is InChI=1S/C16H30O2.C13H24O3/c1-9(2)13(15(17)11(5)6)14(10(3)4)16(18)12(7)8;1-7(2)10(12(14)9(5)6)11(8(3)4)13(15)16/h9-14H,1-8H3;7-11H,1-6H3,(H,15,16). The highest BCUT2D eigenvalue weighted by Crippen LogP contribution is 2.33. The summed E-state index contributed by atoms with van der Waals surface area (Å²) >= 11 is 0. The summed E-state index contributed by atoms with van der Waals surface area (Å²) in [5, 5.41) is 9.24. The zero-order valence-corrected chi connectivity index (χ0v) is 24.4. The Hall–Kier alpha value is -1.52. The molecule has 34 heavy (non-hydrogen) atoms. The fourth-order valence-electron chi connectivity index (χ4n) is 4.77. The lowest BCUT2D eigenvalue weighted by molar-refractivity contribution is -0.150. The van der Waals surface area contributed by atoms with Crippen LogP contribution in [0, 0.1) is 65.1 Å². The molecular formula is C29H54O5. The Bertz CT molecular complexity index is 625. The fraction of sp³-hybridized carbons (Fsp3) is 0.862. The Labute approximate surface area is 209 Å². The molecule has 0 amide bonds. The van der Waals surface area contributed by atoms with Crippen LogP contribution in [-0.2, 0) is 19.2 Å². The van der Waals surface area contributed by atoms with Crippen LogP contribution in [0.2, 0.25) is 0 Å². The molecule has 0 aliphatic rings. The fourth-order valence-corrected chi connectivity index (χ4v) is 4.77. The van der Waals surface area contributed by atoms with Crippen molar-refractivity contribution in [2.75, 3.05) is 0 Å². The highest BCUT2D eigenvalue weighted by atomic mass is 16.4. The topological polar surface area (TPSA) is 88.5 Å². The van der Waals surface area contributed by atoms with E-state index in [4.69, 9.17) is 0 Å². The Balaban J connectivity index is 0. The van der Waals surface area contributed by atoms with Crippen LogP contribution < -0.4 is 0 Å². The summed E-state index contributed by atoms with van der Waals surface area (Å²) in [7, 11) is 0. The molecule has 0 rings (SSSR count). The number of rotatable bonds is 13. The minimum Gasteiger partial charge on any atom is -0.481 e. The number of hydrogen-bond donors (Lipinski definition) is 1. The van der Waals surface area contributed by atoms with E-state index < -0.39 is 11.9 Å². The van der Waals surface area contributed by atoms with Gasteiger partial charge < -0.3 is 5.11 Å². The summed E-state index contributed by atoms with van der Waals surface area (Å²) in [6.45, 7) is 27.1. The Morgan fingerprint density at radius 1 is 0.382 bits per heavy atom. The molecule has 0 aromatic rings. The molecule has 0 aliphatic heterocycles. The molecule has 0 heterocycles. The zero-order valence-electron chi connectivity index (χ0n) is 24.4. The lowest BCUT2D eigenvalue weighted by Crippen LogP contribution is -2.40. The van der Waals surface area contributed by atoms with Crippen LogP contribution >= 0.6 is 0 Å². The van der Waals surface area contributed by atoms with Crippen molar-refractivity contribution in [1.82, 2.24) is 0 Å². The quantitative estimate of drug-likeness (QED) is 0.311. The predicted octanol–water partition coefficient (Wildman–Crippen LogP) is 6.82. The molecule has 5 nitrogen and oxygen atoms in total.